The maximum Gasteiger partial charge on any atom is 0.257 e. The van der Waals surface area contributed by atoms with Gasteiger partial charge < -0.3 is 16.7 Å². The molecule has 0 bridgehead atoms. The molecule has 0 aliphatic carbocycles. The summed E-state index contributed by atoms with van der Waals surface area (Å²) >= 11 is 0. The molecule has 1 aromatic rings. The van der Waals surface area contributed by atoms with Crippen molar-refractivity contribution in [2.75, 3.05) is 11.5 Å². The third-order valence-corrected chi connectivity index (χ3v) is 1.05. The van der Waals surface area contributed by atoms with Crippen molar-refractivity contribution in [2.24, 2.45) is 0 Å². The summed E-state index contributed by atoms with van der Waals surface area (Å²) in [5.41, 5.74) is 10.3. The van der Waals surface area contributed by atoms with E-state index in [2.05, 4.69) is 4.98 Å². The number of aromatic nitrogens is 2. The number of nitrogens with two attached hydrogens (primary N) is 2. The number of nitrogen functional groups attached to an aromatic ring is 2. The number of hydrogen-bond acceptors (Lipinski definition) is 5. The fraction of sp³-hybridized carbons (Fsp3) is 0. The summed E-state index contributed by atoms with van der Waals surface area (Å²) in [6, 6.07) is 0. The van der Waals surface area contributed by atoms with E-state index in [1.165, 1.54) is 6.20 Å². The lowest BCUT2D eigenvalue weighted by atomic mass is 10.5. The second-order valence-corrected chi connectivity index (χ2v) is 1.73. The van der Waals surface area contributed by atoms with Gasteiger partial charge in [-0.3, -0.25) is 5.41 Å². The van der Waals surface area contributed by atoms with Gasteiger partial charge >= 0.3 is 0 Å². The van der Waals surface area contributed by atoms with E-state index in [0.717, 1.165) is 0 Å². The third-order valence-electron chi connectivity index (χ3n) is 1.05. The Bertz CT molecular complexity index is 303. The van der Waals surface area contributed by atoms with Crippen LogP contribution in [0.15, 0.2) is 6.20 Å². The molecule has 0 unspecified atom stereocenters. The lowest BCUT2D eigenvalue weighted by Crippen LogP contribution is -2.24. The van der Waals surface area contributed by atoms with Gasteiger partial charge in [-0.2, -0.15) is 0 Å². The summed E-state index contributed by atoms with van der Waals surface area (Å²) < 4.78 is 0.412. The Hall–Kier alpha value is -1.72. The normalized spacial score (nSPS) is 9.60. The van der Waals surface area contributed by atoms with E-state index in [1.54, 1.807) is 0 Å². The molecule has 1 heterocycles. The quantitative estimate of drug-likeness (QED) is 0.338. The fourth-order valence-corrected chi connectivity index (χ4v) is 0.488. The molecule has 0 saturated carbocycles. The molecular weight excluding hydrogens is 134 g/mol. The van der Waals surface area contributed by atoms with Crippen LogP contribution in [0.1, 0.15) is 0 Å². The van der Waals surface area contributed by atoms with Gasteiger partial charge in [0.25, 0.3) is 5.62 Å². The molecule has 6 heteroatoms. The number of hydrogen-bond donors (Lipinski definition) is 4. The van der Waals surface area contributed by atoms with Crippen molar-refractivity contribution in [3.63, 3.8) is 0 Å². The average Bonchev–Trinajstić information content (AvgIpc) is 1.93. The second-order valence-electron chi connectivity index (χ2n) is 1.73. The molecule has 0 fully saturated rings. The SMILES string of the molecule is N=c1ncc(N)c(N)n1O. The minimum Gasteiger partial charge on any atom is -0.423 e. The number of nitrogens with zero attached hydrogens (tertiary/aromatic N) is 2. The van der Waals surface area contributed by atoms with Gasteiger partial charge in [0.1, 0.15) is 0 Å². The van der Waals surface area contributed by atoms with Gasteiger partial charge in [0.15, 0.2) is 5.82 Å². The molecule has 10 heavy (non-hydrogen) atoms. The van der Waals surface area contributed by atoms with Crippen molar-refractivity contribution in [1.82, 2.24) is 9.71 Å². The molecule has 0 aliphatic heterocycles. The minimum absolute atomic E-state index is 0.0694. The van der Waals surface area contributed by atoms with E-state index < -0.39 is 0 Å². The van der Waals surface area contributed by atoms with E-state index >= 15 is 0 Å². The van der Waals surface area contributed by atoms with Gasteiger partial charge in [0.05, 0.1) is 11.9 Å². The second kappa shape index (κ2) is 1.90. The first-order valence-electron chi connectivity index (χ1n) is 2.50. The van der Waals surface area contributed by atoms with Crippen LogP contribution in [0.2, 0.25) is 0 Å². The van der Waals surface area contributed by atoms with Gasteiger partial charge in [-0.15, -0.1) is 4.73 Å². The highest BCUT2D eigenvalue weighted by atomic mass is 16.5. The topological polar surface area (TPSA) is 114 Å². The molecule has 54 valence electrons. The Morgan fingerprint density at radius 2 is 2.20 bits per heavy atom. The van der Waals surface area contributed by atoms with Crippen LogP contribution in [-0.4, -0.2) is 14.9 Å². The van der Waals surface area contributed by atoms with Crippen LogP contribution in [0.3, 0.4) is 0 Å². The fourth-order valence-electron chi connectivity index (χ4n) is 0.488. The molecule has 0 aromatic carbocycles. The van der Waals surface area contributed by atoms with E-state index in [0.29, 0.717) is 4.73 Å². The molecule has 0 aliphatic rings. The van der Waals surface area contributed by atoms with E-state index in [1.807, 2.05) is 0 Å². The maximum absolute atomic E-state index is 8.85. The standard InChI is InChI=1S/C4H7N5O/c5-2-1-8-4(7)9(10)3(2)6/h1,7,10H,5-6H2. The molecule has 6 nitrogen and oxygen atoms in total. The van der Waals surface area contributed by atoms with Crippen molar-refractivity contribution in [2.45, 2.75) is 0 Å². The van der Waals surface area contributed by atoms with E-state index in [-0.39, 0.29) is 17.1 Å². The van der Waals surface area contributed by atoms with Crippen LogP contribution in [-0.2, 0) is 0 Å². The van der Waals surface area contributed by atoms with Crippen LogP contribution in [0, 0.1) is 5.41 Å². The van der Waals surface area contributed by atoms with Crippen molar-refractivity contribution in [3.05, 3.63) is 11.8 Å². The summed E-state index contributed by atoms with van der Waals surface area (Å²) in [6.07, 6.45) is 1.21. The van der Waals surface area contributed by atoms with Crippen molar-refractivity contribution >= 4 is 11.5 Å². The van der Waals surface area contributed by atoms with Crippen LogP contribution in [0.25, 0.3) is 0 Å². The zero-order valence-corrected chi connectivity index (χ0v) is 5.07. The molecule has 0 radical (unpaired) electrons. The lowest BCUT2D eigenvalue weighted by Gasteiger charge is -2.02. The van der Waals surface area contributed by atoms with Crippen LogP contribution >= 0.6 is 0 Å². The first-order chi connectivity index (χ1) is 4.63. The molecule has 0 spiro atoms. The van der Waals surface area contributed by atoms with Crippen molar-refractivity contribution < 1.29 is 5.21 Å². The maximum atomic E-state index is 8.85. The van der Waals surface area contributed by atoms with Gasteiger partial charge in [-0.25, -0.2) is 4.98 Å². The lowest BCUT2D eigenvalue weighted by molar-refractivity contribution is 0.172. The van der Waals surface area contributed by atoms with Gasteiger partial charge in [-0.05, 0) is 0 Å². The minimum atomic E-state index is -0.341. The van der Waals surface area contributed by atoms with Gasteiger partial charge in [-0.1, -0.05) is 0 Å². The Labute approximate surface area is 56.2 Å². The first kappa shape index (κ1) is 6.40. The van der Waals surface area contributed by atoms with E-state index in [4.69, 9.17) is 22.1 Å². The predicted molar refractivity (Wildman–Crippen MR) is 34.1 cm³/mol. The summed E-state index contributed by atoms with van der Waals surface area (Å²) in [6.45, 7) is 0. The summed E-state index contributed by atoms with van der Waals surface area (Å²) in [5, 5.41) is 15.8. The molecule has 0 saturated heterocycles. The Kier molecular flexibility index (Phi) is 1.22. The van der Waals surface area contributed by atoms with Gasteiger partial charge in [0.2, 0.25) is 0 Å². The third kappa shape index (κ3) is 0.750. The summed E-state index contributed by atoms with van der Waals surface area (Å²) in [7, 11) is 0. The zero-order chi connectivity index (χ0) is 7.72. The van der Waals surface area contributed by atoms with Crippen molar-refractivity contribution in [3.8, 4) is 0 Å². The highest BCUT2D eigenvalue weighted by molar-refractivity contribution is 5.55. The Morgan fingerprint density at radius 1 is 1.60 bits per heavy atom. The highest BCUT2D eigenvalue weighted by Crippen LogP contribution is 2.05. The van der Waals surface area contributed by atoms with Crippen LogP contribution in [0.5, 0.6) is 0 Å². The molecule has 1 aromatic heterocycles. The number of anilines is 2. The van der Waals surface area contributed by atoms with Crippen LogP contribution in [0.4, 0.5) is 11.5 Å². The summed E-state index contributed by atoms with van der Waals surface area (Å²) in [5.74, 6) is -0.0694. The highest BCUT2D eigenvalue weighted by Gasteiger charge is 1.99. The molecule has 1 rings (SSSR count). The smallest absolute Gasteiger partial charge is 0.257 e. The molecule has 0 atom stereocenters. The Balaban J connectivity index is 3.49. The average molecular weight is 141 g/mol. The van der Waals surface area contributed by atoms with Gasteiger partial charge in [0, 0.05) is 0 Å². The number of rotatable bonds is 0. The van der Waals surface area contributed by atoms with Crippen LogP contribution < -0.4 is 17.1 Å². The zero-order valence-electron chi connectivity index (χ0n) is 5.07. The van der Waals surface area contributed by atoms with E-state index in [9.17, 15) is 0 Å². The first-order valence-corrected chi connectivity index (χ1v) is 2.50. The predicted octanol–water partition coefficient (Wildman–Crippen LogP) is -1.24. The Morgan fingerprint density at radius 3 is 2.70 bits per heavy atom. The largest absolute Gasteiger partial charge is 0.423 e. The number of nitrogens with one attached hydrogen (secondary N) is 1. The molecular formula is C4H7N5O. The monoisotopic (exact) mass is 141 g/mol. The molecule has 0 amide bonds. The molecule has 6 N–H and O–H groups in total. The summed E-state index contributed by atoms with van der Waals surface area (Å²) in [4.78, 5) is 3.41. The van der Waals surface area contributed by atoms with Crippen molar-refractivity contribution in [1.29, 1.82) is 5.41 Å².